The lowest BCUT2D eigenvalue weighted by Crippen LogP contribution is -2.53. The number of fused-ring (bicyclic) bond motifs is 1. The molecule has 98 valence electrons. The molecule has 0 N–H and O–H groups in total. The minimum Gasteiger partial charge on any atom is -0.459 e. The van der Waals surface area contributed by atoms with Crippen LogP contribution in [0.15, 0.2) is 22.8 Å². The molecule has 0 radical (unpaired) electrons. The van der Waals surface area contributed by atoms with Crippen molar-refractivity contribution in [3.8, 4) is 0 Å². The third-order valence-electron chi connectivity index (χ3n) is 3.33. The lowest BCUT2D eigenvalue weighted by Gasteiger charge is -2.36. The number of amides is 1. The van der Waals surface area contributed by atoms with Crippen LogP contribution in [0.1, 0.15) is 10.6 Å². The number of hydrogen-bond acceptors (Lipinski definition) is 5. The molecule has 1 amide bonds. The van der Waals surface area contributed by atoms with Gasteiger partial charge in [0.15, 0.2) is 15.6 Å². The average Bonchev–Trinajstić information content (AvgIpc) is 2.91. The zero-order chi connectivity index (χ0) is 12.8. The van der Waals surface area contributed by atoms with Gasteiger partial charge in [0.05, 0.1) is 36.5 Å². The van der Waals surface area contributed by atoms with Crippen LogP contribution in [0.2, 0.25) is 0 Å². The summed E-state index contributed by atoms with van der Waals surface area (Å²) in [6, 6.07) is 2.83. The first kappa shape index (κ1) is 11.7. The number of rotatable bonds is 1. The molecule has 2 saturated heterocycles. The maximum Gasteiger partial charge on any atom is 0.289 e. The van der Waals surface area contributed by atoms with E-state index in [1.54, 1.807) is 17.0 Å². The Kier molecular flexibility index (Phi) is 2.67. The van der Waals surface area contributed by atoms with Gasteiger partial charge in [-0.2, -0.15) is 0 Å². The Morgan fingerprint density at radius 2 is 2.22 bits per heavy atom. The monoisotopic (exact) mass is 271 g/mol. The zero-order valence-electron chi connectivity index (χ0n) is 9.61. The van der Waals surface area contributed by atoms with E-state index in [9.17, 15) is 13.2 Å². The fourth-order valence-corrected chi connectivity index (χ4v) is 4.38. The number of carbonyl (C=O) groups is 1. The molecule has 0 aliphatic carbocycles. The standard InChI is InChI=1S/C11H13NO5S/c13-11(9-2-1-4-16-9)12-3-5-17-10-7-18(14,15)6-8(10)12/h1-2,4,8,10H,3,5-7H2. The number of carbonyl (C=O) groups excluding carboxylic acids is 1. The first-order valence-electron chi connectivity index (χ1n) is 5.73. The molecule has 1 aromatic heterocycles. The van der Waals surface area contributed by atoms with Crippen LogP contribution in [0.4, 0.5) is 0 Å². The highest BCUT2D eigenvalue weighted by molar-refractivity contribution is 7.91. The average molecular weight is 271 g/mol. The van der Waals surface area contributed by atoms with Gasteiger partial charge in [0, 0.05) is 6.54 Å². The summed E-state index contributed by atoms with van der Waals surface area (Å²) in [5.41, 5.74) is 0. The van der Waals surface area contributed by atoms with E-state index in [-0.39, 0.29) is 29.2 Å². The Hall–Kier alpha value is -1.34. The quantitative estimate of drug-likeness (QED) is 0.714. The van der Waals surface area contributed by atoms with Crippen molar-refractivity contribution in [2.45, 2.75) is 12.1 Å². The molecule has 2 unspecified atom stereocenters. The molecule has 3 rings (SSSR count). The van der Waals surface area contributed by atoms with E-state index in [0.717, 1.165) is 0 Å². The largest absolute Gasteiger partial charge is 0.459 e. The highest BCUT2D eigenvalue weighted by atomic mass is 32.2. The maximum atomic E-state index is 12.2. The van der Waals surface area contributed by atoms with Crippen LogP contribution in [0.5, 0.6) is 0 Å². The van der Waals surface area contributed by atoms with Crippen molar-refractivity contribution >= 4 is 15.7 Å². The number of nitrogens with zero attached hydrogens (tertiary/aromatic N) is 1. The second kappa shape index (κ2) is 4.10. The Morgan fingerprint density at radius 3 is 2.94 bits per heavy atom. The molecule has 2 aliphatic rings. The highest BCUT2D eigenvalue weighted by Crippen LogP contribution is 2.26. The van der Waals surface area contributed by atoms with Gasteiger partial charge in [-0.1, -0.05) is 0 Å². The second-order valence-electron chi connectivity index (χ2n) is 4.53. The van der Waals surface area contributed by atoms with E-state index >= 15 is 0 Å². The van der Waals surface area contributed by atoms with Gasteiger partial charge in [-0.25, -0.2) is 8.42 Å². The van der Waals surface area contributed by atoms with Gasteiger partial charge in [0.2, 0.25) is 0 Å². The summed E-state index contributed by atoms with van der Waals surface area (Å²) in [5.74, 6) is -0.0562. The minimum atomic E-state index is -3.11. The van der Waals surface area contributed by atoms with Crippen molar-refractivity contribution < 1.29 is 22.4 Å². The lowest BCUT2D eigenvalue weighted by atomic mass is 10.1. The third-order valence-corrected chi connectivity index (χ3v) is 5.02. The molecule has 0 spiro atoms. The molecular formula is C11H13NO5S. The predicted molar refractivity (Wildman–Crippen MR) is 61.9 cm³/mol. The molecule has 2 fully saturated rings. The Bertz CT molecular complexity index is 550. The highest BCUT2D eigenvalue weighted by Gasteiger charge is 2.46. The van der Waals surface area contributed by atoms with Crippen molar-refractivity contribution in [1.29, 1.82) is 0 Å². The van der Waals surface area contributed by atoms with Gasteiger partial charge >= 0.3 is 0 Å². The van der Waals surface area contributed by atoms with Crippen LogP contribution in [-0.4, -0.2) is 56.0 Å². The summed E-state index contributed by atoms with van der Waals surface area (Å²) >= 11 is 0. The van der Waals surface area contributed by atoms with Crippen LogP contribution in [0.3, 0.4) is 0 Å². The summed E-state index contributed by atoms with van der Waals surface area (Å²) in [5, 5.41) is 0. The van der Waals surface area contributed by atoms with E-state index in [0.29, 0.717) is 13.2 Å². The van der Waals surface area contributed by atoms with Crippen molar-refractivity contribution in [2.75, 3.05) is 24.7 Å². The van der Waals surface area contributed by atoms with Crippen molar-refractivity contribution in [3.05, 3.63) is 24.2 Å². The number of hydrogen-bond donors (Lipinski definition) is 0. The van der Waals surface area contributed by atoms with E-state index in [1.165, 1.54) is 6.26 Å². The van der Waals surface area contributed by atoms with Crippen molar-refractivity contribution in [1.82, 2.24) is 4.90 Å². The fourth-order valence-electron chi connectivity index (χ4n) is 2.51. The zero-order valence-corrected chi connectivity index (χ0v) is 10.4. The first-order valence-corrected chi connectivity index (χ1v) is 7.55. The third kappa shape index (κ3) is 1.93. The molecule has 3 heterocycles. The molecule has 2 aliphatic heterocycles. The number of ether oxygens (including phenoxy) is 1. The molecule has 0 aromatic carbocycles. The Morgan fingerprint density at radius 1 is 1.39 bits per heavy atom. The number of morpholine rings is 1. The van der Waals surface area contributed by atoms with E-state index in [4.69, 9.17) is 9.15 Å². The molecule has 1 aromatic rings. The smallest absolute Gasteiger partial charge is 0.289 e. The first-order chi connectivity index (χ1) is 8.57. The Balaban J connectivity index is 1.86. The van der Waals surface area contributed by atoms with E-state index in [1.807, 2.05) is 0 Å². The predicted octanol–water partition coefficient (Wildman–Crippen LogP) is -0.0824. The van der Waals surface area contributed by atoms with Crippen LogP contribution >= 0.6 is 0 Å². The molecular weight excluding hydrogens is 258 g/mol. The molecule has 18 heavy (non-hydrogen) atoms. The van der Waals surface area contributed by atoms with Crippen LogP contribution in [0.25, 0.3) is 0 Å². The van der Waals surface area contributed by atoms with Crippen molar-refractivity contribution in [2.24, 2.45) is 0 Å². The lowest BCUT2D eigenvalue weighted by molar-refractivity contribution is -0.0371. The molecule has 0 bridgehead atoms. The second-order valence-corrected chi connectivity index (χ2v) is 6.68. The molecule has 2 atom stereocenters. The van der Waals surface area contributed by atoms with Gasteiger partial charge in [0.1, 0.15) is 0 Å². The van der Waals surface area contributed by atoms with Gasteiger partial charge in [-0.3, -0.25) is 4.79 Å². The summed E-state index contributed by atoms with van der Waals surface area (Å²) in [6.07, 6.45) is 1.03. The summed E-state index contributed by atoms with van der Waals surface area (Å²) < 4.78 is 33.7. The van der Waals surface area contributed by atoms with Gasteiger partial charge in [-0.05, 0) is 12.1 Å². The number of sulfone groups is 1. The maximum absolute atomic E-state index is 12.2. The van der Waals surface area contributed by atoms with E-state index in [2.05, 4.69) is 0 Å². The van der Waals surface area contributed by atoms with Crippen LogP contribution in [0, 0.1) is 0 Å². The molecule has 0 saturated carbocycles. The number of furan rings is 1. The SMILES string of the molecule is O=C(c1ccco1)N1CCOC2CS(=O)(=O)CC21. The van der Waals surface area contributed by atoms with E-state index < -0.39 is 15.9 Å². The molecule has 6 nitrogen and oxygen atoms in total. The minimum absolute atomic E-state index is 0.000395. The van der Waals surface area contributed by atoms with Crippen LogP contribution < -0.4 is 0 Å². The van der Waals surface area contributed by atoms with Gasteiger partial charge in [-0.15, -0.1) is 0 Å². The van der Waals surface area contributed by atoms with Gasteiger partial charge in [0.25, 0.3) is 5.91 Å². The Labute approximate surface area is 104 Å². The van der Waals surface area contributed by atoms with Gasteiger partial charge < -0.3 is 14.1 Å². The topological polar surface area (TPSA) is 76.8 Å². The summed E-state index contributed by atoms with van der Waals surface area (Å²) in [7, 11) is -3.11. The summed E-state index contributed by atoms with van der Waals surface area (Å²) in [6.45, 7) is 0.763. The van der Waals surface area contributed by atoms with Crippen molar-refractivity contribution in [3.63, 3.8) is 0 Å². The van der Waals surface area contributed by atoms with Crippen LogP contribution in [-0.2, 0) is 14.6 Å². The fraction of sp³-hybridized carbons (Fsp3) is 0.545. The normalized spacial score (nSPS) is 30.1. The molecule has 7 heteroatoms. The summed E-state index contributed by atoms with van der Waals surface area (Å²) in [4.78, 5) is 13.7.